The lowest BCUT2D eigenvalue weighted by atomic mass is 9.54. The van der Waals surface area contributed by atoms with Crippen molar-refractivity contribution >= 4 is 17.8 Å². The van der Waals surface area contributed by atoms with Crippen LogP contribution in [0.1, 0.15) is 36.1 Å². The van der Waals surface area contributed by atoms with E-state index in [2.05, 4.69) is 0 Å². The molecule has 0 bridgehead atoms. The molecular formula is C19H18BF7O. The fraction of sp³-hybridized carbons (Fsp3) is 0.368. The van der Waals surface area contributed by atoms with E-state index >= 15 is 0 Å². The zero-order chi connectivity index (χ0) is 21.3. The summed E-state index contributed by atoms with van der Waals surface area (Å²) in [5.74, 6) is 0. The Labute approximate surface area is 158 Å². The van der Waals surface area contributed by atoms with E-state index in [-0.39, 0.29) is 22.1 Å². The lowest BCUT2D eigenvalue weighted by Crippen LogP contribution is -2.47. The summed E-state index contributed by atoms with van der Waals surface area (Å²) >= 11 is 0. The molecule has 1 nitrogen and oxygen atoms in total. The van der Waals surface area contributed by atoms with Crippen molar-refractivity contribution in [2.75, 3.05) is 0 Å². The Kier molecular flexibility index (Phi) is 6.48. The van der Waals surface area contributed by atoms with Crippen LogP contribution < -0.4 is 10.9 Å². The molecule has 0 radical (unpaired) electrons. The minimum atomic E-state index is -4.73. The van der Waals surface area contributed by atoms with Crippen LogP contribution >= 0.6 is 0 Å². The Bertz CT molecular complexity index is 828. The molecule has 0 aromatic heterocycles. The second-order valence-electron chi connectivity index (χ2n) is 6.79. The van der Waals surface area contributed by atoms with Crippen LogP contribution in [0.2, 0.25) is 0 Å². The highest BCUT2D eigenvalue weighted by Crippen LogP contribution is 2.30. The van der Waals surface area contributed by atoms with Crippen molar-refractivity contribution in [1.82, 2.24) is 0 Å². The van der Waals surface area contributed by atoms with E-state index in [9.17, 15) is 30.7 Å². The summed E-state index contributed by atoms with van der Waals surface area (Å²) in [6.07, 6.45) is -9.85. The lowest BCUT2D eigenvalue weighted by molar-refractivity contribution is -0.138. The van der Waals surface area contributed by atoms with Gasteiger partial charge in [-0.25, -0.2) is 4.39 Å². The Hall–Kier alpha value is -2.03. The van der Waals surface area contributed by atoms with Gasteiger partial charge in [0.25, 0.3) is 0 Å². The summed E-state index contributed by atoms with van der Waals surface area (Å²) in [5.41, 5.74) is -1.98. The molecule has 152 valence electrons. The predicted octanol–water partition coefficient (Wildman–Crippen LogP) is 5.03. The zero-order valence-electron chi connectivity index (χ0n) is 15.4. The van der Waals surface area contributed by atoms with Gasteiger partial charge in [-0.3, -0.25) is 0 Å². The van der Waals surface area contributed by atoms with Crippen molar-refractivity contribution < 1.29 is 35.4 Å². The monoisotopic (exact) mass is 406 g/mol. The van der Waals surface area contributed by atoms with E-state index in [1.807, 2.05) is 0 Å². The van der Waals surface area contributed by atoms with Crippen molar-refractivity contribution in [3.8, 4) is 0 Å². The number of hydrogen-bond donors (Lipinski definition) is 0. The van der Waals surface area contributed by atoms with E-state index in [0.29, 0.717) is 6.07 Å². The highest BCUT2D eigenvalue weighted by atomic mass is 19.4. The summed E-state index contributed by atoms with van der Waals surface area (Å²) in [6, 6.07) is 5.83. The maximum absolute atomic E-state index is 13.2. The largest absolute Gasteiger partial charge is 0.425 e. The van der Waals surface area contributed by atoms with Crippen LogP contribution in [-0.4, -0.2) is 13.0 Å². The first-order valence-corrected chi connectivity index (χ1v) is 8.42. The average molecular weight is 406 g/mol. The number of halogens is 7. The maximum Gasteiger partial charge on any atom is 0.416 e. The van der Waals surface area contributed by atoms with E-state index in [1.165, 1.54) is 19.1 Å². The Morgan fingerprint density at radius 3 is 1.79 bits per heavy atom. The van der Waals surface area contributed by atoms with Crippen molar-refractivity contribution in [2.24, 2.45) is 0 Å². The predicted molar refractivity (Wildman–Crippen MR) is 93.7 cm³/mol. The van der Waals surface area contributed by atoms with Gasteiger partial charge in [0.05, 0.1) is 11.1 Å². The number of benzene rings is 2. The molecule has 0 fully saturated rings. The Balaban J connectivity index is 2.67. The van der Waals surface area contributed by atoms with Crippen molar-refractivity contribution in [1.29, 1.82) is 0 Å². The van der Waals surface area contributed by atoms with Crippen molar-refractivity contribution in [3.05, 3.63) is 58.7 Å². The molecule has 2 aromatic rings. The summed E-state index contributed by atoms with van der Waals surface area (Å²) in [6.45, 7) is 2.31. The van der Waals surface area contributed by atoms with Crippen LogP contribution in [-0.2, 0) is 23.7 Å². The molecule has 2 aromatic carbocycles. The molecular weight excluding hydrogens is 388 g/mol. The second-order valence-corrected chi connectivity index (χ2v) is 6.79. The van der Waals surface area contributed by atoms with Crippen LogP contribution in [0.15, 0.2) is 36.4 Å². The molecule has 0 N–H and O–H groups in total. The molecule has 9 heteroatoms. The molecule has 28 heavy (non-hydrogen) atoms. The van der Waals surface area contributed by atoms with Gasteiger partial charge in [0.15, 0.2) is 0 Å². The molecule has 0 aliphatic heterocycles. The van der Waals surface area contributed by atoms with E-state index in [4.69, 9.17) is 4.65 Å². The van der Waals surface area contributed by atoms with Crippen LogP contribution in [0.3, 0.4) is 0 Å². The number of rotatable bonds is 5. The smallest absolute Gasteiger partial charge is 0.416 e. The SMILES string of the molecule is Cc1cc(B(OC(C)C)c2cc(CF)cc(C(F)(F)F)c2)cc(C(F)(F)F)c1. The van der Waals surface area contributed by atoms with Gasteiger partial charge >= 0.3 is 19.3 Å². The Morgan fingerprint density at radius 1 is 0.821 bits per heavy atom. The standard InChI is InChI=1S/C19H18BF7O/c1-11(2)28-20(16-5-12(3)4-14(8-16)18(22,23)24)17-7-13(10-21)6-15(9-17)19(25,26)27/h4-9,11H,10H2,1-3H3. The van der Waals surface area contributed by atoms with Gasteiger partial charge in [0, 0.05) is 6.10 Å². The van der Waals surface area contributed by atoms with Gasteiger partial charge in [-0.15, -0.1) is 0 Å². The van der Waals surface area contributed by atoms with E-state index in [1.54, 1.807) is 13.8 Å². The molecule has 0 saturated heterocycles. The van der Waals surface area contributed by atoms with Crippen molar-refractivity contribution in [3.63, 3.8) is 0 Å². The van der Waals surface area contributed by atoms with Crippen LogP contribution in [0.5, 0.6) is 0 Å². The van der Waals surface area contributed by atoms with E-state index in [0.717, 1.165) is 18.2 Å². The molecule has 2 rings (SSSR count). The fourth-order valence-corrected chi connectivity index (χ4v) is 2.86. The molecule has 0 saturated carbocycles. The average Bonchev–Trinajstić information content (AvgIpc) is 2.57. The normalized spacial score (nSPS) is 12.5. The molecule has 0 aliphatic carbocycles. The Morgan fingerprint density at radius 2 is 1.32 bits per heavy atom. The van der Waals surface area contributed by atoms with Crippen molar-refractivity contribution in [2.45, 2.75) is 45.9 Å². The molecule has 0 atom stereocenters. The molecule has 0 heterocycles. The minimum absolute atomic E-state index is 0.0464. The van der Waals surface area contributed by atoms with Gasteiger partial charge in [-0.1, -0.05) is 29.8 Å². The molecule has 0 aliphatic rings. The van der Waals surface area contributed by atoms with Gasteiger partial charge in [0.1, 0.15) is 6.67 Å². The highest BCUT2D eigenvalue weighted by molar-refractivity contribution is 6.80. The lowest BCUT2D eigenvalue weighted by Gasteiger charge is -2.21. The summed E-state index contributed by atoms with van der Waals surface area (Å²) < 4.78 is 97.9. The molecule has 0 spiro atoms. The van der Waals surface area contributed by atoms with Crippen LogP contribution in [0.25, 0.3) is 0 Å². The quantitative estimate of drug-likeness (QED) is 0.500. The number of hydrogen-bond acceptors (Lipinski definition) is 1. The molecule has 0 unspecified atom stereocenters. The zero-order valence-corrected chi connectivity index (χ0v) is 15.4. The third-order valence-corrected chi connectivity index (χ3v) is 3.94. The van der Waals surface area contributed by atoms with Gasteiger partial charge in [-0.2, -0.15) is 26.3 Å². The van der Waals surface area contributed by atoms with Gasteiger partial charge < -0.3 is 4.65 Å². The number of aryl methyl sites for hydroxylation is 1. The molecule has 0 amide bonds. The first-order chi connectivity index (χ1) is 12.8. The van der Waals surface area contributed by atoms with Crippen LogP contribution in [0.4, 0.5) is 30.7 Å². The van der Waals surface area contributed by atoms with Gasteiger partial charge in [-0.05, 0) is 49.4 Å². The van der Waals surface area contributed by atoms with Crippen LogP contribution in [0, 0.1) is 6.92 Å². The van der Waals surface area contributed by atoms with Gasteiger partial charge in [0.2, 0.25) is 0 Å². The third-order valence-electron chi connectivity index (χ3n) is 3.94. The van der Waals surface area contributed by atoms with E-state index < -0.39 is 43.2 Å². The first-order valence-electron chi connectivity index (χ1n) is 8.42. The highest BCUT2D eigenvalue weighted by Gasteiger charge is 2.35. The number of alkyl halides is 7. The maximum atomic E-state index is 13.2. The second kappa shape index (κ2) is 8.15. The summed E-state index contributed by atoms with van der Waals surface area (Å²) in [4.78, 5) is 0. The minimum Gasteiger partial charge on any atom is -0.425 e. The third kappa shape index (κ3) is 5.50. The topological polar surface area (TPSA) is 9.23 Å². The summed E-state index contributed by atoms with van der Waals surface area (Å²) in [7, 11) is 0. The fourth-order valence-electron chi connectivity index (χ4n) is 2.86. The summed E-state index contributed by atoms with van der Waals surface area (Å²) in [5, 5.41) is 0. The first kappa shape index (κ1) is 22.3.